The highest BCUT2D eigenvalue weighted by Gasteiger charge is 2.23. The molecule has 4 aromatic heterocycles. The van der Waals surface area contributed by atoms with E-state index >= 15 is 0 Å². The number of hydrogen-bond donors (Lipinski definition) is 5. The molecule has 4 aromatic carbocycles. The molecule has 8 bridgehead atoms. The molecule has 0 amide bonds. The van der Waals surface area contributed by atoms with Crippen LogP contribution in [0.25, 0.3) is 108 Å². The van der Waals surface area contributed by atoms with Crippen LogP contribution in [0.3, 0.4) is 0 Å². The van der Waals surface area contributed by atoms with Crippen molar-refractivity contribution >= 4 is 91.0 Å². The summed E-state index contributed by atoms with van der Waals surface area (Å²) in [6, 6.07) is 30.6. The molecule has 0 aliphatic carbocycles. The highest BCUT2D eigenvalue weighted by molar-refractivity contribution is 7.13. The van der Waals surface area contributed by atoms with Crippen molar-refractivity contribution in [3.05, 3.63) is 112 Å². The van der Waals surface area contributed by atoms with E-state index in [-0.39, 0.29) is 5.57 Å². The van der Waals surface area contributed by atoms with Gasteiger partial charge in [-0.1, -0.05) is 60.7 Å². The Morgan fingerprint density at radius 2 is 1.11 bits per heavy atom. The van der Waals surface area contributed by atoms with Crippen molar-refractivity contribution in [2.45, 2.75) is 0 Å². The highest BCUT2D eigenvalue weighted by Crippen LogP contribution is 2.39. The normalized spacial score (nSPS) is 12.2. The van der Waals surface area contributed by atoms with E-state index in [4.69, 9.17) is 46.6 Å². The lowest BCUT2D eigenvalue weighted by atomic mass is 10.1. The Labute approximate surface area is 320 Å². The van der Waals surface area contributed by atoms with Gasteiger partial charge in [-0.3, -0.25) is 0 Å². The molecular weight excluding hydrogens is 723 g/mol. The molecule has 266 valence electrons. The monoisotopic (exact) mass is 747 g/mol. The van der Waals surface area contributed by atoms with E-state index in [9.17, 15) is 9.90 Å². The SMILES string of the molecule is N#C/C(=C\c1ccc(/C=C/c2ccc3c4nc5nc(nc6[nH]c(nc7nc(nc([nH]4)c3c2)-c2cc(N)c(N)cc2-7)c2ccccc62)-c2ccccc2-5)s1)C(=O)O. The van der Waals surface area contributed by atoms with Crippen molar-refractivity contribution in [2.75, 3.05) is 11.5 Å². The maximum Gasteiger partial charge on any atom is 0.346 e. The third kappa shape index (κ3) is 5.42. The van der Waals surface area contributed by atoms with Crippen molar-refractivity contribution in [3.63, 3.8) is 0 Å². The Kier molecular flexibility index (Phi) is 7.31. The minimum Gasteiger partial charge on any atom is -0.477 e. The number of benzene rings is 4. The molecule has 0 atom stereocenters. The van der Waals surface area contributed by atoms with Gasteiger partial charge in [-0.25, -0.2) is 34.7 Å². The molecule has 6 heterocycles. The first kappa shape index (κ1) is 32.6. The van der Waals surface area contributed by atoms with Gasteiger partial charge in [0.2, 0.25) is 0 Å². The first-order valence-electron chi connectivity index (χ1n) is 17.3. The smallest absolute Gasteiger partial charge is 0.346 e. The number of aliphatic carboxylic acids is 1. The summed E-state index contributed by atoms with van der Waals surface area (Å²) in [4.78, 5) is 49.9. The van der Waals surface area contributed by atoms with Crippen LogP contribution in [0.5, 0.6) is 0 Å². The van der Waals surface area contributed by atoms with Gasteiger partial charge in [-0.2, -0.15) is 5.26 Å². The fourth-order valence-electron chi connectivity index (χ4n) is 6.89. The average molecular weight is 748 g/mol. The van der Waals surface area contributed by atoms with Gasteiger partial charge in [-0.05, 0) is 54.1 Å². The van der Waals surface area contributed by atoms with Crippen molar-refractivity contribution in [1.82, 2.24) is 39.9 Å². The number of rotatable bonds is 4. The number of anilines is 2. The molecule has 0 fully saturated rings. The van der Waals surface area contributed by atoms with Crippen molar-refractivity contribution < 1.29 is 9.90 Å². The van der Waals surface area contributed by atoms with Crippen LogP contribution in [0, 0.1) is 11.3 Å². The summed E-state index contributed by atoms with van der Waals surface area (Å²) in [5, 5.41) is 21.7. The number of nitriles is 1. The molecule has 0 saturated heterocycles. The van der Waals surface area contributed by atoms with E-state index in [2.05, 4.69) is 9.97 Å². The van der Waals surface area contributed by atoms with Crippen LogP contribution in [-0.4, -0.2) is 50.9 Å². The molecule has 13 nitrogen and oxygen atoms in total. The number of hydrogen-bond acceptors (Lipinski definition) is 11. The molecule has 0 unspecified atom stereocenters. The number of carboxylic acid groups (broad SMARTS) is 1. The first-order chi connectivity index (χ1) is 27.3. The van der Waals surface area contributed by atoms with Crippen LogP contribution in [0.1, 0.15) is 15.3 Å². The second kappa shape index (κ2) is 12.5. The number of nitrogen functional groups attached to an aromatic ring is 2. The zero-order valence-corrected chi connectivity index (χ0v) is 29.8. The van der Waals surface area contributed by atoms with E-state index in [1.807, 2.05) is 84.9 Å². The average Bonchev–Trinajstić information content (AvgIpc) is 4.02. The zero-order chi connectivity index (χ0) is 38.1. The molecule has 0 spiro atoms. The molecule has 8 aromatic rings. The topological polar surface area (TPSA) is 222 Å². The van der Waals surface area contributed by atoms with Crippen LogP contribution in [-0.2, 0) is 4.79 Å². The van der Waals surface area contributed by atoms with Crippen molar-refractivity contribution in [3.8, 4) is 51.6 Å². The van der Waals surface area contributed by atoms with E-state index in [0.717, 1.165) is 43.1 Å². The first-order valence-corrected chi connectivity index (χ1v) is 18.1. The minimum atomic E-state index is -1.27. The Hall–Kier alpha value is -8.02. The number of aromatic amines is 2. The van der Waals surface area contributed by atoms with Gasteiger partial charge in [0.25, 0.3) is 0 Å². The lowest BCUT2D eigenvalue weighted by Gasteiger charge is -2.04. The van der Waals surface area contributed by atoms with Gasteiger partial charge in [0, 0.05) is 53.6 Å². The van der Waals surface area contributed by atoms with Crippen LogP contribution in [0.2, 0.25) is 0 Å². The van der Waals surface area contributed by atoms with Crippen molar-refractivity contribution in [2.24, 2.45) is 0 Å². The van der Waals surface area contributed by atoms with E-state index in [1.54, 1.807) is 24.3 Å². The number of aromatic nitrogens is 8. The largest absolute Gasteiger partial charge is 0.477 e. The van der Waals surface area contributed by atoms with E-state index in [0.29, 0.717) is 73.3 Å². The Bertz CT molecular complexity index is 3290. The maximum absolute atomic E-state index is 11.3. The quantitative estimate of drug-likeness (QED) is 0.0655. The van der Waals surface area contributed by atoms with Gasteiger partial charge in [-0.15, -0.1) is 11.3 Å². The Morgan fingerprint density at radius 1 is 0.607 bits per heavy atom. The Morgan fingerprint density at radius 3 is 1.66 bits per heavy atom. The molecular formula is C42H25N11O2S. The van der Waals surface area contributed by atoms with Gasteiger partial charge in [0.05, 0.1) is 11.4 Å². The lowest BCUT2D eigenvalue weighted by molar-refractivity contribution is -0.132. The van der Waals surface area contributed by atoms with Gasteiger partial charge >= 0.3 is 5.97 Å². The van der Waals surface area contributed by atoms with Crippen molar-refractivity contribution in [1.29, 1.82) is 5.26 Å². The van der Waals surface area contributed by atoms with Gasteiger partial charge in [0.15, 0.2) is 23.3 Å². The summed E-state index contributed by atoms with van der Waals surface area (Å²) in [7, 11) is 0. The summed E-state index contributed by atoms with van der Waals surface area (Å²) >= 11 is 1.37. The fraction of sp³-hybridized carbons (Fsp3) is 0. The second-order valence-electron chi connectivity index (χ2n) is 13.1. The predicted octanol–water partition coefficient (Wildman–Crippen LogP) is 8.26. The molecule has 10 rings (SSSR count). The summed E-state index contributed by atoms with van der Waals surface area (Å²) < 4.78 is 0. The second-order valence-corrected chi connectivity index (χ2v) is 14.2. The van der Waals surface area contributed by atoms with Crippen LogP contribution >= 0.6 is 11.3 Å². The zero-order valence-electron chi connectivity index (χ0n) is 28.9. The predicted molar refractivity (Wildman–Crippen MR) is 219 cm³/mol. The van der Waals surface area contributed by atoms with E-state index in [1.165, 1.54) is 17.4 Å². The highest BCUT2D eigenvalue weighted by atomic mass is 32.1. The van der Waals surface area contributed by atoms with E-state index < -0.39 is 5.97 Å². The van der Waals surface area contributed by atoms with Gasteiger partial charge in [0.1, 0.15) is 34.2 Å². The fourth-order valence-corrected chi connectivity index (χ4v) is 7.75. The lowest BCUT2D eigenvalue weighted by Crippen LogP contribution is -1.96. The number of carbonyl (C=O) groups is 1. The number of nitrogens with zero attached hydrogens (tertiary/aromatic N) is 7. The number of carboxylic acids is 1. The number of thiophene rings is 1. The molecule has 2 aliphatic heterocycles. The summed E-state index contributed by atoms with van der Waals surface area (Å²) in [5.41, 5.74) is 19.3. The van der Waals surface area contributed by atoms with Gasteiger partial charge < -0.3 is 26.5 Å². The third-order valence-corrected chi connectivity index (χ3v) is 10.6. The summed E-state index contributed by atoms with van der Waals surface area (Å²) in [6.07, 6.45) is 5.25. The molecule has 56 heavy (non-hydrogen) atoms. The summed E-state index contributed by atoms with van der Waals surface area (Å²) in [5.74, 6) is 0.552. The number of nitrogens with one attached hydrogen (secondary N) is 2. The maximum atomic E-state index is 11.3. The third-order valence-electron chi connectivity index (χ3n) is 9.60. The number of fused-ring (bicyclic) bond motifs is 20. The summed E-state index contributed by atoms with van der Waals surface area (Å²) in [6.45, 7) is 0. The standard InChI is InChI=1S/C42H25N11O2S/c43-19-21(42(54)55)16-23-13-12-22(56-23)11-9-20-10-14-28-29(15-20)39-51-38(28)49-36-25-6-2-1-5-24(25)34(47-36)46-35-26-7-3-4-8-27(26)37(48-35)50-40-30-17-32(44)33(45)18-31(30)41(52-39)53-40/h1-18H,44-45H2,(H,54,55)(H2,46,47,48,49,50,51,52,53)/b11-9+,21-16+. The van der Waals surface area contributed by atoms with Crippen LogP contribution in [0.15, 0.2) is 96.6 Å². The number of nitrogens with two attached hydrogens (primary N) is 2. The molecule has 0 radical (unpaired) electrons. The molecule has 14 heteroatoms. The number of H-pyrrole nitrogens is 2. The minimum absolute atomic E-state index is 0.327. The molecule has 2 aliphatic rings. The van der Waals surface area contributed by atoms with Crippen LogP contribution in [0.4, 0.5) is 11.4 Å². The van der Waals surface area contributed by atoms with Crippen LogP contribution < -0.4 is 11.5 Å². The Balaban J connectivity index is 1.23. The molecule has 7 N–H and O–H groups in total. The molecule has 0 saturated carbocycles.